The highest BCUT2D eigenvalue weighted by Gasteiger charge is 2.49. The summed E-state index contributed by atoms with van der Waals surface area (Å²) < 4.78 is 0. The van der Waals surface area contributed by atoms with E-state index in [1.165, 1.54) is 7.05 Å². The molecule has 2 aromatic rings. The Labute approximate surface area is 178 Å². The lowest BCUT2D eigenvalue weighted by Gasteiger charge is -2.23. The highest BCUT2D eigenvalue weighted by Crippen LogP contribution is 2.28. The molecule has 0 aromatic heterocycles. The van der Waals surface area contributed by atoms with Crippen LogP contribution >= 0.6 is 11.6 Å². The summed E-state index contributed by atoms with van der Waals surface area (Å²) in [5, 5.41) is 5.75. The van der Waals surface area contributed by atoms with Crippen molar-refractivity contribution in [1.29, 1.82) is 0 Å². The van der Waals surface area contributed by atoms with Crippen LogP contribution in [0.2, 0.25) is 5.02 Å². The number of rotatable bonds is 6. The summed E-state index contributed by atoms with van der Waals surface area (Å²) in [6, 6.07) is 14.8. The van der Waals surface area contributed by atoms with Crippen LogP contribution in [-0.2, 0) is 19.9 Å². The predicted octanol–water partition coefficient (Wildman–Crippen LogP) is 2.20. The van der Waals surface area contributed by atoms with E-state index in [1.54, 1.807) is 61.5 Å². The number of hydrogen-bond donors (Lipinski definition) is 2. The molecule has 1 aliphatic rings. The van der Waals surface area contributed by atoms with E-state index in [9.17, 15) is 19.2 Å². The van der Waals surface area contributed by atoms with E-state index in [0.717, 1.165) is 9.80 Å². The summed E-state index contributed by atoms with van der Waals surface area (Å²) in [5.74, 6) is -1.50. The minimum absolute atomic E-state index is 0.245. The van der Waals surface area contributed by atoms with Crippen molar-refractivity contribution < 1.29 is 19.2 Å². The molecule has 0 bridgehead atoms. The molecule has 1 saturated heterocycles. The number of benzene rings is 2. The quantitative estimate of drug-likeness (QED) is 0.689. The molecule has 2 aromatic carbocycles. The van der Waals surface area contributed by atoms with Crippen molar-refractivity contribution in [3.05, 3.63) is 65.2 Å². The van der Waals surface area contributed by atoms with Gasteiger partial charge in [0.05, 0.1) is 6.54 Å². The predicted molar refractivity (Wildman–Crippen MR) is 112 cm³/mol. The van der Waals surface area contributed by atoms with Crippen molar-refractivity contribution in [3.63, 3.8) is 0 Å². The molecule has 156 valence electrons. The minimum Gasteiger partial charge on any atom is -0.335 e. The van der Waals surface area contributed by atoms with Crippen LogP contribution in [0, 0.1) is 0 Å². The normalized spacial score (nSPS) is 18.2. The average Bonchev–Trinajstić information content (AvgIpc) is 2.92. The van der Waals surface area contributed by atoms with Gasteiger partial charge < -0.3 is 15.5 Å². The van der Waals surface area contributed by atoms with Gasteiger partial charge in [-0.25, -0.2) is 4.79 Å². The topological polar surface area (TPSA) is 98.8 Å². The van der Waals surface area contributed by atoms with Crippen molar-refractivity contribution in [3.8, 4) is 0 Å². The van der Waals surface area contributed by atoms with Crippen LogP contribution in [0.1, 0.15) is 12.5 Å². The van der Waals surface area contributed by atoms with E-state index in [1.807, 2.05) is 0 Å². The number of imide groups is 1. The van der Waals surface area contributed by atoms with Crippen molar-refractivity contribution in [2.45, 2.75) is 12.5 Å². The van der Waals surface area contributed by atoms with Gasteiger partial charge in [-0.05, 0) is 30.7 Å². The first-order valence-corrected chi connectivity index (χ1v) is 9.57. The number of nitrogens with zero attached hydrogens (tertiary/aromatic N) is 2. The summed E-state index contributed by atoms with van der Waals surface area (Å²) in [7, 11) is 1.43. The lowest BCUT2D eigenvalue weighted by molar-refractivity contribution is -0.139. The Morgan fingerprint density at radius 1 is 1.13 bits per heavy atom. The Balaban J connectivity index is 1.61. The zero-order chi connectivity index (χ0) is 21.9. The van der Waals surface area contributed by atoms with E-state index in [2.05, 4.69) is 10.6 Å². The molecule has 0 spiro atoms. The number of amides is 5. The second kappa shape index (κ2) is 8.54. The van der Waals surface area contributed by atoms with Crippen molar-refractivity contribution in [2.75, 3.05) is 25.5 Å². The number of carbonyl (C=O) groups excluding carboxylic acids is 4. The van der Waals surface area contributed by atoms with Gasteiger partial charge in [-0.1, -0.05) is 48.0 Å². The van der Waals surface area contributed by atoms with Crippen LogP contribution in [0.5, 0.6) is 0 Å². The molecule has 2 N–H and O–H groups in total. The maximum Gasteiger partial charge on any atom is 0.325 e. The van der Waals surface area contributed by atoms with Gasteiger partial charge >= 0.3 is 6.03 Å². The van der Waals surface area contributed by atoms with E-state index in [-0.39, 0.29) is 6.54 Å². The fraction of sp³-hybridized carbons (Fsp3) is 0.238. The van der Waals surface area contributed by atoms with E-state index in [0.29, 0.717) is 16.3 Å². The standard InChI is InChI=1S/C21H21ClN4O4/c1-21(14-7-4-3-5-8-14)19(29)26(20(30)24-21)13-18(28)25(2)12-17(27)23-16-10-6-9-15(22)11-16/h3-11H,12-13H2,1-2H3,(H,23,27)(H,24,30). The van der Waals surface area contributed by atoms with Gasteiger partial charge in [-0.15, -0.1) is 0 Å². The van der Waals surface area contributed by atoms with Crippen LogP contribution in [0.4, 0.5) is 10.5 Å². The van der Waals surface area contributed by atoms with E-state index in [4.69, 9.17) is 11.6 Å². The van der Waals surface area contributed by atoms with Gasteiger partial charge in [0.1, 0.15) is 12.1 Å². The number of nitrogens with one attached hydrogen (secondary N) is 2. The summed E-state index contributed by atoms with van der Waals surface area (Å²) in [5.41, 5.74) is -0.130. The Bertz CT molecular complexity index is 998. The van der Waals surface area contributed by atoms with Crippen molar-refractivity contribution in [2.24, 2.45) is 0 Å². The molecule has 1 atom stereocenters. The lowest BCUT2D eigenvalue weighted by atomic mass is 9.92. The third-order valence-electron chi connectivity index (χ3n) is 4.83. The Kier molecular flexibility index (Phi) is 6.07. The van der Waals surface area contributed by atoms with Gasteiger partial charge in [-0.3, -0.25) is 19.3 Å². The molecular formula is C21H21ClN4O4. The van der Waals surface area contributed by atoms with Crippen LogP contribution < -0.4 is 10.6 Å². The van der Waals surface area contributed by atoms with Gasteiger partial charge in [0.15, 0.2) is 0 Å². The molecule has 8 nitrogen and oxygen atoms in total. The lowest BCUT2D eigenvalue weighted by Crippen LogP contribution is -2.45. The molecule has 9 heteroatoms. The zero-order valence-corrected chi connectivity index (χ0v) is 17.3. The Morgan fingerprint density at radius 2 is 1.83 bits per heavy atom. The third-order valence-corrected chi connectivity index (χ3v) is 5.07. The number of halogens is 1. The SMILES string of the molecule is CN(CC(=O)Nc1cccc(Cl)c1)C(=O)CN1C(=O)NC(C)(c2ccccc2)C1=O. The van der Waals surface area contributed by atoms with Gasteiger partial charge in [0.25, 0.3) is 5.91 Å². The van der Waals surface area contributed by atoms with Crippen molar-refractivity contribution in [1.82, 2.24) is 15.1 Å². The Hall–Kier alpha value is -3.39. The fourth-order valence-corrected chi connectivity index (χ4v) is 3.32. The summed E-state index contributed by atoms with van der Waals surface area (Å²) >= 11 is 5.88. The number of carbonyl (C=O) groups is 4. The first kappa shape index (κ1) is 21.3. The first-order chi connectivity index (χ1) is 14.2. The molecule has 30 heavy (non-hydrogen) atoms. The second-order valence-electron chi connectivity index (χ2n) is 7.12. The maximum atomic E-state index is 12.9. The number of anilines is 1. The van der Waals surface area contributed by atoms with Crippen LogP contribution in [-0.4, -0.2) is 53.7 Å². The van der Waals surface area contributed by atoms with E-state index < -0.39 is 35.8 Å². The number of likely N-dealkylation sites (N-methyl/N-ethyl adjacent to an activating group) is 1. The van der Waals surface area contributed by atoms with Gasteiger partial charge in [0, 0.05) is 17.8 Å². The molecule has 3 rings (SSSR count). The fourth-order valence-electron chi connectivity index (χ4n) is 3.13. The van der Waals surface area contributed by atoms with Gasteiger partial charge in [-0.2, -0.15) is 0 Å². The molecule has 0 saturated carbocycles. The van der Waals surface area contributed by atoms with Gasteiger partial charge in [0.2, 0.25) is 11.8 Å². The first-order valence-electron chi connectivity index (χ1n) is 9.20. The van der Waals surface area contributed by atoms with Crippen LogP contribution in [0.15, 0.2) is 54.6 Å². The van der Waals surface area contributed by atoms with Crippen LogP contribution in [0.3, 0.4) is 0 Å². The maximum absolute atomic E-state index is 12.9. The largest absolute Gasteiger partial charge is 0.335 e. The van der Waals surface area contributed by atoms with E-state index >= 15 is 0 Å². The molecule has 0 aliphatic carbocycles. The zero-order valence-electron chi connectivity index (χ0n) is 16.5. The minimum atomic E-state index is -1.25. The van der Waals surface area contributed by atoms with Crippen LogP contribution in [0.25, 0.3) is 0 Å². The number of hydrogen-bond acceptors (Lipinski definition) is 4. The third kappa shape index (κ3) is 4.44. The monoisotopic (exact) mass is 428 g/mol. The summed E-state index contributed by atoms with van der Waals surface area (Å²) in [4.78, 5) is 52.0. The molecule has 0 radical (unpaired) electrons. The number of urea groups is 1. The average molecular weight is 429 g/mol. The summed E-state index contributed by atoms with van der Waals surface area (Å²) in [6.45, 7) is 0.883. The van der Waals surface area contributed by atoms with Crippen molar-refractivity contribution >= 4 is 41.0 Å². The highest BCUT2D eigenvalue weighted by molar-refractivity contribution is 6.30. The molecular weight excluding hydrogens is 408 g/mol. The summed E-state index contributed by atoms with van der Waals surface area (Å²) in [6.07, 6.45) is 0. The highest BCUT2D eigenvalue weighted by atomic mass is 35.5. The molecule has 5 amide bonds. The Morgan fingerprint density at radius 3 is 2.50 bits per heavy atom. The second-order valence-corrected chi connectivity index (χ2v) is 7.56. The molecule has 1 heterocycles. The molecule has 1 unspecified atom stereocenters. The molecule has 1 aliphatic heterocycles. The smallest absolute Gasteiger partial charge is 0.325 e. The molecule has 1 fully saturated rings.